The molecule has 0 aliphatic heterocycles. The van der Waals surface area contributed by atoms with E-state index in [2.05, 4.69) is 33.7 Å². The number of rotatable bonds is 4. The molecule has 6 rings (SSSR count). The Kier molecular flexibility index (Phi) is 3.86. The minimum atomic E-state index is 0.669. The fourth-order valence-corrected chi connectivity index (χ4v) is 4.98. The number of hydrogen-bond acceptors (Lipinski definition) is 7. The largest absolute Gasteiger partial charge is 0.361 e. The van der Waals surface area contributed by atoms with E-state index in [0.29, 0.717) is 5.92 Å². The number of thiazole rings is 1. The molecule has 1 fully saturated rings. The molecule has 5 aromatic rings. The Morgan fingerprint density at radius 2 is 1.97 bits per heavy atom. The number of nitrogens with one attached hydrogen (secondary N) is 1. The maximum atomic E-state index is 5.36. The highest BCUT2D eigenvalue weighted by molar-refractivity contribution is 7.18. The molecule has 1 aromatic carbocycles. The molecule has 7 heteroatoms. The van der Waals surface area contributed by atoms with Crippen LogP contribution in [-0.2, 0) is 0 Å². The first-order valence-corrected chi connectivity index (χ1v) is 10.8. The summed E-state index contributed by atoms with van der Waals surface area (Å²) in [5.74, 6) is 2.18. The van der Waals surface area contributed by atoms with E-state index < -0.39 is 0 Å². The zero-order valence-electron chi connectivity index (χ0n) is 16.6. The molecule has 0 atom stereocenters. The second kappa shape index (κ2) is 6.60. The van der Waals surface area contributed by atoms with E-state index in [9.17, 15) is 0 Å². The molecule has 6 nitrogen and oxygen atoms in total. The fourth-order valence-electron chi connectivity index (χ4n) is 3.81. The second-order valence-electron chi connectivity index (χ2n) is 7.76. The highest BCUT2D eigenvalue weighted by atomic mass is 32.1. The van der Waals surface area contributed by atoms with Crippen LogP contribution in [0, 0.1) is 13.8 Å². The Hall–Kier alpha value is -3.32. The Morgan fingerprint density at radius 3 is 2.77 bits per heavy atom. The van der Waals surface area contributed by atoms with Crippen molar-refractivity contribution in [3.8, 4) is 11.3 Å². The van der Waals surface area contributed by atoms with Gasteiger partial charge in [0.1, 0.15) is 11.6 Å². The maximum Gasteiger partial charge on any atom is 0.143 e. The first-order chi connectivity index (χ1) is 14.7. The molecule has 1 aliphatic carbocycles. The molecule has 1 aliphatic rings. The van der Waals surface area contributed by atoms with Crippen LogP contribution in [0.25, 0.3) is 32.4 Å². The number of fused-ring (bicyclic) bond motifs is 2. The molecular weight excluding hydrogens is 394 g/mol. The Balaban J connectivity index is 1.46. The molecule has 1 N–H and O–H groups in total. The van der Waals surface area contributed by atoms with E-state index in [1.165, 1.54) is 22.5 Å². The van der Waals surface area contributed by atoms with E-state index >= 15 is 0 Å². The number of anilines is 2. The molecule has 0 saturated heterocycles. The van der Waals surface area contributed by atoms with Gasteiger partial charge in [0, 0.05) is 23.2 Å². The molecule has 0 spiro atoms. The van der Waals surface area contributed by atoms with Gasteiger partial charge in [-0.05, 0) is 63.1 Å². The van der Waals surface area contributed by atoms with Gasteiger partial charge in [0.15, 0.2) is 0 Å². The lowest BCUT2D eigenvalue weighted by Gasteiger charge is -2.11. The average Bonchev–Trinajstić information content (AvgIpc) is 3.43. The van der Waals surface area contributed by atoms with E-state index in [1.54, 1.807) is 17.5 Å². The third kappa shape index (κ3) is 2.93. The number of nitrogens with zero attached hydrogens (tertiary/aromatic N) is 4. The summed E-state index contributed by atoms with van der Waals surface area (Å²) in [5, 5.41) is 9.82. The summed E-state index contributed by atoms with van der Waals surface area (Å²) in [6, 6.07) is 12.3. The number of aromatic nitrogens is 4. The van der Waals surface area contributed by atoms with Gasteiger partial charge in [-0.1, -0.05) is 5.16 Å². The van der Waals surface area contributed by atoms with Crippen molar-refractivity contribution in [1.82, 2.24) is 20.1 Å². The van der Waals surface area contributed by atoms with Crippen LogP contribution in [0.1, 0.15) is 35.2 Å². The van der Waals surface area contributed by atoms with E-state index in [4.69, 9.17) is 14.5 Å². The smallest absolute Gasteiger partial charge is 0.143 e. The van der Waals surface area contributed by atoms with Crippen molar-refractivity contribution in [2.45, 2.75) is 32.6 Å². The third-order valence-electron chi connectivity index (χ3n) is 5.48. The van der Waals surface area contributed by atoms with Crippen LogP contribution in [0.4, 0.5) is 11.5 Å². The van der Waals surface area contributed by atoms with E-state index in [1.807, 2.05) is 32.0 Å². The number of pyridine rings is 2. The molecule has 4 heterocycles. The molecule has 4 aromatic heterocycles. The maximum absolute atomic E-state index is 5.36. The van der Waals surface area contributed by atoms with Crippen molar-refractivity contribution in [2.75, 3.05) is 5.32 Å². The zero-order chi connectivity index (χ0) is 20.2. The lowest BCUT2D eigenvalue weighted by Crippen LogP contribution is -1.98. The van der Waals surface area contributed by atoms with Gasteiger partial charge in [0.2, 0.25) is 0 Å². The SMILES string of the molecule is Cc1noc(C)c1-c1cc2ncccc2c(Nc2ccc3nc(C4CC4)sc3c2)n1. The summed E-state index contributed by atoms with van der Waals surface area (Å²) in [7, 11) is 0. The van der Waals surface area contributed by atoms with Crippen LogP contribution in [-0.4, -0.2) is 20.1 Å². The minimum absolute atomic E-state index is 0.669. The zero-order valence-corrected chi connectivity index (χ0v) is 17.5. The van der Waals surface area contributed by atoms with E-state index in [0.717, 1.165) is 50.6 Å². The van der Waals surface area contributed by atoms with Gasteiger partial charge in [-0.25, -0.2) is 9.97 Å². The molecule has 0 bridgehead atoms. The minimum Gasteiger partial charge on any atom is -0.361 e. The van der Waals surface area contributed by atoms with Crippen molar-refractivity contribution in [2.24, 2.45) is 0 Å². The van der Waals surface area contributed by atoms with Gasteiger partial charge in [0.25, 0.3) is 0 Å². The van der Waals surface area contributed by atoms with Crippen LogP contribution in [0.5, 0.6) is 0 Å². The number of hydrogen-bond donors (Lipinski definition) is 1. The molecule has 0 radical (unpaired) electrons. The van der Waals surface area contributed by atoms with Gasteiger partial charge in [0.05, 0.1) is 37.7 Å². The van der Waals surface area contributed by atoms with Crippen molar-refractivity contribution in [3.63, 3.8) is 0 Å². The number of benzene rings is 1. The highest BCUT2D eigenvalue weighted by Crippen LogP contribution is 2.43. The Morgan fingerprint density at radius 1 is 1.07 bits per heavy atom. The third-order valence-corrected chi connectivity index (χ3v) is 6.66. The molecule has 0 amide bonds. The van der Waals surface area contributed by atoms with Crippen LogP contribution >= 0.6 is 11.3 Å². The first-order valence-electron chi connectivity index (χ1n) is 10.0. The molecule has 0 unspecified atom stereocenters. The highest BCUT2D eigenvalue weighted by Gasteiger charge is 2.27. The summed E-state index contributed by atoms with van der Waals surface area (Å²) >= 11 is 1.80. The topological polar surface area (TPSA) is 76.7 Å². The lowest BCUT2D eigenvalue weighted by atomic mass is 10.1. The normalized spacial score (nSPS) is 13.9. The Bertz CT molecular complexity index is 1400. The molecule has 30 heavy (non-hydrogen) atoms. The second-order valence-corrected chi connectivity index (χ2v) is 8.82. The number of aryl methyl sites for hydroxylation is 2. The van der Waals surface area contributed by atoms with Gasteiger partial charge in [-0.15, -0.1) is 11.3 Å². The fraction of sp³-hybridized carbons (Fsp3) is 0.217. The summed E-state index contributed by atoms with van der Waals surface area (Å²) in [4.78, 5) is 14.3. The van der Waals surface area contributed by atoms with Gasteiger partial charge < -0.3 is 9.84 Å². The average molecular weight is 414 g/mol. The van der Waals surface area contributed by atoms with E-state index in [-0.39, 0.29) is 0 Å². The summed E-state index contributed by atoms with van der Waals surface area (Å²) in [6.45, 7) is 3.83. The van der Waals surface area contributed by atoms with Crippen LogP contribution in [0.3, 0.4) is 0 Å². The van der Waals surface area contributed by atoms with Crippen LogP contribution in [0.15, 0.2) is 47.1 Å². The molecule has 1 saturated carbocycles. The first kappa shape index (κ1) is 17.5. The summed E-state index contributed by atoms with van der Waals surface area (Å²) < 4.78 is 6.56. The predicted molar refractivity (Wildman–Crippen MR) is 119 cm³/mol. The van der Waals surface area contributed by atoms with Gasteiger partial charge in [-0.3, -0.25) is 4.98 Å². The van der Waals surface area contributed by atoms with Crippen molar-refractivity contribution >= 4 is 44.0 Å². The predicted octanol–water partition coefficient (Wildman–Crippen LogP) is 6.13. The summed E-state index contributed by atoms with van der Waals surface area (Å²) in [6.07, 6.45) is 4.33. The van der Waals surface area contributed by atoms with Crippen LogP contribution in [0.2, 0.25) is 0 Å². The van der Waals surface area contributed by atoms with Crippen molar-refractivity contribution in [3.05, 3.63) is 59.1 Å². The quantitative estimate of drug-likeness (QED) is 0.382. The standard InChI is InChI=1S/C23H19N5OS/c1-12-21(13(2)29-28-12)19-11-18-16(4-3-9-24-18)22(26-19)25-15-7-8-17-20(10-15)30-23(27-17)14-5-6-14/h3-4,7-11,14H,5-6H2,1-2H3,(H,25,26). The summed E-state index contributed by atoms with van der Waals surface area (Å²) in [5.41, 5.74) is 5.46. The van der Waals surface area contributed by atoms with Crippen LogP contribution < -0.4 is 5.32 Å². The lowest BCUT2D eigenvalue weighted by molar-refractivity contribution is 0.393. The monoisotopic (exact) mass is 413 g/mol. The molecule has 148 valence electrons. The Labute approximate surface area is 177 Å². The van der Waals surface area contributed by atoms with Crippen molar-refractivity contribution < 1.29 is 4.52 Å². The van der Waals surface area contributed by atoms with Gasteiger partial charge >= 0.3 is 0 Å². The van der Waals surface area contributed by atoms with Crippen molar-refractivity contribution in [1.29, 1.82) is 0 Å². The molecular formula is C23H19N5OS. The van der Waals surface area contributed by atoms with Gasteiger partial charge in [-0.2, -0.15) is 0 Å².